The maximum Gasteiger partial charge on any atom is 0.224 e. The van der Waals surface area contributed by atoms with Crippen LogP contribution >= 0.6 is 23.2 Å². The van der Waals surface area contributed by atoms with E-state index < -0.39 is 0 Å². The third kappa shape index (κ3) is 2.51. The Morgan fingerprint density at radius 3 is 2.89 bits per heavy atom. The fourth-order valence-corrected chi connectivity index (χ4v) is 2.69. The van der Waals surface area contributed by atoms with Gasteiger partial charge in [0.2, 0.25) is 5.28 Å². The second-order valence-corrected chi connectivity index (χ2v) is 5.20. The lowest BCUT2D eigenvalue weighted by atomic mass is 10.1. The van der Waals surface area contributed by atoms with E-state index in [-0.39, 0.29) is 29.6 Å². The molecule has 1 N–H and O–H groups in total. The zero-order chi connectivity index (χ0) is 13.4. The SMILES string of the molecule is COC1COC2C(Nc3nc(Cl)ncc3Cl)COC12. The molecule has 1 aromatic heterocycles. The van der Waals surface area contributed by atoms with Crippen LogP contribution in [0, 0.1) is 0 Å². The molecule has 19 heavy (non-hydrogen) atoms. The minimum absolute atomic E-state index is 0.0266. The Bertz CT molecular complexity index is 476. The number of aromatic nitrogens is 2. The highest BCUT2D eigenvalue weighted by atomic mass is 35.5. The molecule has 8 heteroatoms. The van der Waals surface area contributed by atoms with E-state index in [1.54, 1.807) is 7.11 Å². The summed E-state index contributed by atoms with van der Waals surface area (Å²) >= 11 is 11.8. The topological polar surface area (TPSA) is 65.5 Å². The summed E-state index contributed by atoms with van der Waals surface area (Å²) in [4.78, 5) is 7.86. The molecule has 1 aromatic rings. The van der Waals surface area contributed by atoms with Crippen LogP contribution < -0.4 is 5.32 Å². The Labute approximate surface area is 120 Å². The van der Waals surface area contributed by atoms with Gasteiger partial charge in [-0.15, -0.1) is 0 Å². The number of hydrogen-bond donors (Lipinski definition) is 1. The van der Waals surface area contributed by atoms with E-state index in [0.29, 0.717) is 24.1 Å². The van der Waals surface area contributed by atoms with Crippen LogP contribution in [0.1, 0.15) is 0 Å². The van der Waals surface area contributed by atoms with Crippen molar-refractivity contribution in [1.29, 1.82) is 0 Å². The number of hydrogen-bond acceptors (Lipinski definition) is 6. The summed E-state index contributed by atoms with van der Waals surface area (Å²) in [5, 5.41) is 3.75. The first kappa shape index (κ1) is 13.3. The molecular formula is C11H13Cl2N3O3. The van der Waals surface area contributed by atoms with Crippen molar-refractivity contribution in [2.24, 2.45) is 0 Å². The number of fused-ring (bicyclic) bond motifs is 1. The molecule has 104 valence electrons. The molecule has 0 bridgehead atoms. The van der Waals surface area contributed by atoms with E-state index in [1.807, 2.05) is 0 Å². The molecule has 3 heterocycles. The molecule has 0 aliphatic carbocycles. The summed E-state index contributed by atoms with van der Waals surface area (Å²) in [5.74, 6) is 0.486. The standard InChI is InChI=1S/C11H13Cl2N3O3/c1-17-7-4-19-8-6(3-18-9(7)8)15-10-5(12)2-14-11(13)16-10/h2,6-9H,3-4H2,1H3,(H,14,15,16). The molecule has 3 rings (SSSR count). The molecule has 0 aromatic carbocycles. The molecule has 0 radical (unpaired) electrons. The molecule has 2 aliphatic heterocycles. The van der Waals surface area contributed by atoms with E-state index in [0.717, 1.165) is 0 Å². The molecule has 0 spiro atoms. The average molecular weight is 306 g/mol. The predicted octanol–water partition coefficient (Wildman–Crippen LogP) is 1.38. The van der Waals surface area contributed by atoms with E-state index in [4.69, 9.17) is 37.4 Å². The van der Waals surface area contributed by atoms with Crippen molar-refractivity contribution in [3.63, 3.8) is 0 Å². The number of nitrogens with zero attached hydrogens (tertiary/aromatic N) is 2. The van der Waals surface area contributed by atoms with Crippen LogP contribution in [0.2, 0.25) is 10.3 Å². The van der Waals surface area contributed by atoms with Crippen molar-refractivity contribution in [2.75, 3.05) is 25.6 Å². The van der Waals surface area contributed by atoms with E-state index in [1.165, 1.54) is 6.20 Å². The number of methoxy groups -OCH3 is 1. The molecule has 0 amide bonds. The van der Waals surface area contributed by atoms with E-state index in [2.05, 4.69) is 15.3 Å². The third-order valence-electron chi connectivity index (χ3n) is 3.35. The van der Waals surface area contributed by atoms with E-state index >= 15 is 0 Å². The van der Waals surface area contributed by atoms with Crippen LogP contribution in [0.3, 0.4) is 0 Å². The first-order valence-corrected chi connectivity index (χ1v) is 6.65. The van der Waals surface area contributed by atoms with Crippen molar-refractivity contribution >= 4 is 29.0 Å². The van der Waals surface area contributed by atoms with Gasteiger partial charge in [0.05, 0.1) is 25.5 Å². The lowest BCUT2D eigenvalue weighted by molar-refractivity contribution is -0.00757. The predicted molar refractivity (Wildman–Crippen MR) is 69.7 cm³/mol. The normalized spacial score (nSPS) is 33.4. The fraction of sp³-hybridized carbons (Fsp3) is 0.636. The maximum atomic E-state index is 6.02. The summed E-state index contributed by atoms with van der Waals surface area (Å²) in [6.07, 6.45) is 1.30. The quantitative estimate of drug-likeness (QED) is 0.851. The van der Waals surface area contributed by atoms with Crippen molar-refractivity contribution in [2.45, 2.75) is 24.4 Å². The van der Waals surface area contributed by atoms with Crippen LogP contribution in [0.25, 0.3) is 0 Å². The molecule has 6 nitrogen and oxygen atoms in total. The van der Waals surface area contributed by atoms with Gasteiger partial charge < -0.3 is 19.5 Å². The second-order valence-electron chi connectivity index (χ2n) is 4.46. The fourth-order valence-electron chi connectivity index (χ4n) is 2.41. The van der Waals surface area contributed by atoms with Crippen molar-refractivity contribution in [3.8, 4) is 0 Å². The number of anilines is 1. The Morgan fingerprint density at radius 1 is 1.32 bits per heavy atom. The number of halogens is 2. The summed E-state index contributed by atoms with van der Waals surface area (Å²) in [6.45, 7) is 1.04. The van der Waals surface area contributed by atoms with Crippen LogP contribution in [-0.4, -0.2) is 54.6 Å². The number of ether oxygens (including phenoxy) is 3. The van der Waals surface area contributed by atoms with Crippen molar-refractivity contribution in [3.05, 3.63) is 16.5 Å². The minimum Gasteiger partial charge on any atom is -0.376 e. The molecule has 2 aliphatic rings. The van der Waals surface area contributed by atoms with Crippen molar-refractivity contribution < 1.29 is 14.2 Å². The Hall–Kier alpha value is -0.660. The Balaban J connectivity index is 1.73. The molecular weight excluding hydrogens is 293 g/mol. The largest absolute Gasteiger partial charge is 0.376 e. The first-order chi connectivity index (χ1) is 9.19. The average Bonchev–Trinajstić information content (AvgIpc) is 2.96. The zero-order valence-electron chi connectivity index (χ0n) is 10.2. The highest BCUT2D eigenvalue weighted by Gasteiger charge is 2.48. The van der Waals surface area contributed by atoms with Gasteiger partial charge in [0.15, 0.2) is 0 Å². The summed E-state index contributed by atoms with van der Waals surface area (Å²) < 4.78 is 16.7. The summed E-state index contributed by atoms with van der Waals surface area (Å²) in [7, 11) is 1.65. The van der Waals surface area contributed by atoms with Gasteiger partial charge in [-0.05, 0) is 11.6 Å². The van der Waals surface area contributed by atoms with Crippen LogP contribution in [0.5, 0.6) is 0 Å². The lowest BCUT2D eigenvalue weighted by Gasteiger charge is -2.18. The van der Waals surface area contributed by atoms with Crippen LogP contribution in [0.4, 0.5) is 5.82 Å². The molecule has 2 saturated heterocycles. The summed E-state index contributed by atoms with van der Waals surface area (Å²) in [5.41, 5.74) is 0. The molecule has 2 fully saturated rings. The van der Waals surface area contributed by atoms with Gasteiger partial charge in [0.25, 0.3) is 0 Å². The zero-order valence-corrected chi connectivity index (χ0v) is 11.7. The third-order valence-corrected chi connectivity index (χ3v) is 3.81. The van der Waals surface area contributed by atoms with Gasteiger partial charge in [0.1, 0.15) is 29.2 Å². The molecule has 0 saturated carbocycles. The Kier molecular flexibility index (Phi) is 3.77. The van der Waals surface area contributed by atoms with Gasteiger partial charge >= 0.3 is 0 Å². The van der Waals surface area contributed by atoms with Gasteiger partial charge in [-0.25, -0.2) is 4.98 Å². The van der Waals surface area contributed by atoms with Gasteiger partial charge in [-0.3, -0.25) is 0 Å². The smallest absolute Gasteiger partial charge is 0.224 e. The second kappa shape index (κ2) is 5.38. The highest BCUT2D eigenvalue weighted by Crippen LogP contribution is 2.31. The monoisotopic (exact) mass is 305 g/mol. The van der Waals surface area contributed by atoms with Gasteiger partial charge in [0, 0.05) is 7.11 Å². The van der Waals surface area contributed by atoms with Crippen LogP contribution in [-0.2, 0) is 14.2 Å². The Morgan fingerprint density at radius 2 is 2.11 bits per heavy atom. The summed E-state index contributed by atoms with van der Waals surface area (Å²) in [6, 6.07) is -0.0337. The maximum absolute atomic E-state index is 6.02. The highest BCUT2D eigenvalue weighted by molar-refractivity contribution is 6.33. The van der Waals surface area contributed by atoms with Crippen LogP contribution in [0.15, 0.2) is 6.20 Å². The van der Waals surface area contributed by atoms with E-state index in [9.17, 15) is 0 Å². The van der Waals surface area contributed by atoms with Gasteiger partial charge in [-0.1, -0.05) is 11.6 Å². The number of nitrogens with one attached hydrogen (secondary N) is 1. The minimum atomic E-state index is -0.0743. The number of rotatable bonds is 3. The molecule has 4 atom stereocenters. The lowest BCUT2D eigenvalue weighted by Crippen LogP contribution is -2.36. The van der Waals surface area contributed by atoms with Crippen molar-refractivity contribution in [1.82, 2.24) is 9.97 Å². The van der Waals surface area contributed by atoms with Gasteiger partial charge in [-0.2, -0.15) is 4.98 Å². The first-order valence-electron chi connectivity index (χ1n) is 5.89. The molecule has 4 unspecified atom stereocenters.